The van der Waals surface area contributed by atoms with Crippen LogP contribution in [0.2, 0.25) is 0 Å². The van der Waals surface area contributed by atoms with Crippen molar-refractivity contribution < 1.29 is 15.0 Å². The van der Waals surface area contributed by atoms with Gasteiger partial charge in [0.1, 0.15) is 5.75 Å². The van der Waals surface area contributed by atoms with Gasteiger partial charge in [-0.3, -0.25) is 0 Å². The van der Waals surface area contributed by atoms with Crippen LogP contribution in [0.4, 0.5) is 0 Å². The minimum absolute atomic E-state index is 0. The fourth-order valence-corrected chi connectivity index (χ4v) is 1.68. The summed E-state index contributed by atoms with van der Waals surface area (Å²) in [5, 5.41) is 18.7. The number of nitrogens with two attached hydrogens (primary N) is 1. The molecule has 4 nitrogen and oxygen atoms in total. The number of carboxylic acids is 1. The Morgan fingerprint density at radius 1 is 1.47 bits per heavy atom. The van der Waals surface area contributed by atoms with E-state index in [1.165, 1.54) is 12.1 Å². The molecule has 0 amide bonds. The van der Waals surface area contributed by atoms with Crippen molar-refractivity contribution in [2.45, 2.75) is 32.7 Å². The van der Waals surface area contributed by atoms with Crippen molar-refractivity contribution >= 4 is 18.4 Å². The summed E-state index contributed by atoms with van der Waals surface area (Å²) in [7, 11) is 0. The first-order chi connectivity index (χ1) is 7.47. The lowest BCUT2D eigenvalue weighted by molar-refractivity contribution is 0.0696. The maximum Gasteiger partial charge on any atom is 0.335 e. The van der Waals surface area contributed by atoms with Gasteiger partial charge >= 0.3 is 5.97 Å². The zero-order chi connectivity index (χ0) is 12.3. The number of hydrogen-bond acceptors (Lipinski definition) is 3. The van der Waals surface area contributed by atoms with Crippen molar-refractivity contribution in [3.05, 3.63) is 28.8 Å². The molecule has 0 unspecified atom stereocenters. The molecule has 0 aliphatic carbocycles. The van der Waals surface area contributed by atoms with Crippen LogP contribution in [0.25, 0.3) is 0 Å². The van der Waals surface area contributed by atoms with E-state index in [-0.39, 0.29) is 29.8 Å². The molecule has 4 N–H and O–H groups in total. The number of rotatable bonds is 4. The summed E-state index contributed by atoms with van der Waals surface area (Å²) >= 11 is 0. The van der Waals surface area contributed by atoms with Crippen LogP contribution in [0.5, 0.6) is 5.75 Å². The van der Waals surface area contributed by atoms with Crippen LogP contribution in [0, 0.1) is 6.92 Å². The van der Waals surface area contributed by atoms with Crippen molar-refractivity contribution in [1.82, 2.24) is 0 Å². The predicted octanol–water partition coefficient (Wildman–Crippen LogP) is 2.62. The van der Waals surface area contributed by atoms with Gasteiger partial charge in [0.15, 0.2) is 0 Å². The van der Waals surface area contributed by atoms with Gasteiger partial charge in [0.25, 0.3) is 0 Å². The summed E-state index contributed by atoms with van der Waals surface area (Å²) in [6.45, 7) is 3.66. The molecule has 0 saturated carbocycles. The number of phenols is 1. The molecule has 1 atom stereocenters. The number of carboxylic acid groups (broad SMARTS) is 1. The van der Waals surface area contributed by atoms with Crippen LogP contribution < -0.4 is 5.73 Å². The average molecular weight is 260 g/mol. The molecule has 0 aliphatic rings. The molecule has 1 rings (SSSR count). The molecule has 0 spiro atoms. The lowest BCUT2D eigenvalue weighted by Crippen LogP contribution is -2.12. The highest BCUT2D eigenvalue weighted by atomic mass is 35.5. The largest absolute Gasteiger partial charge is 0.507 e. The SMILES string of the molecule is CCC[C@@H](N)c1cc(C(=O)O)cc(C)c1O.Cl. The Kier molecular flexibility index (Phi) is 5.99. The fraction of sp³-hybridized carbons (Fsp3) is 0.417. The van der Waals surface area contributed by atoms with Crippen LogP contribution in [0.1, 0.15) is 47.3 Å². The van der Waals surface area contributed by atoms with E-state index in [0.717, 1.165) is 12.8 Å². The Hall–Kier alpha value is -1.26. The molecule has 0 bridgehead atoms. The zero-order valence-corrected chi connectivity index (χ0v) is 10.8. The summed E-state index contributed by atoms with van der Waals surface area (Å²) in [4.78, 5) is 10.9. The van der Waals surface area contributed by atoms with Crippen LogP contribution >= 0.6 is 12.4 Å². The van der Waals surface area contributed by atoms with E-state index in [0.29, 0.717) is 11.1 Å². The summed E-state index contributed by atoms with van der Waals surface area (Å²) in [6, 6.07) is 2.58. The zero-order valence-electron chi connectivity index (χ0n) is 9.93. The predicted molar refractivity (Wildman–Crippen MR) is 68.9 cm³/mol. The Labute approximate surface area is 107 Å². The second-order valence-corrected chi connectivity index (χ2v) is 3.93. The van der Waals surface area contributed by atoms with E-state index in [1.807, 2.05) is 6.92 Å². The van der Waals surface area contributed by atoms with E-state index in [4.69, 9.17) is 10.8 Å². The number of phenolic OH excluding ortho intramolecular Hbond substituents is 1. The molecule has 0 aliphatic heterocycles. The molecule has 17 heavy (non-hydrogen) atoms. The second-order valence-electron chi connectivity index (χ2n) is 3.93. The van der Waals surface area contributed by atoms with E-state index < -0.39 is 5.97 Å². The molecule has 1 aromatic carbocycles. The quantitative estimate of drug-likeness (QED) is 0.776. The molecule has 5 heteroatoms. The molecule has 0 aromatic heterocycles. The monoisotopic (exact) mass is 259 g/mol. The molecule has 0 fully saturated rings. The van der Waals surface area contributed by atoms with Crippen LogP contribution in [0.3, 0.4) is 0 Å². The molecule has 0 heterocycles. The van der Waals surface area contributed by atoms with E-state index in [9.17, 15) is 9.90 Å². The van der Waals surface area contributed by atoms with Gasteiger partial charge in [0.05, 0.1) is 5.56 Å². The topological polar surface area (TPSA) is 83.6 Å². The van der Waals surface area contributed by atoms with Crippen molar-refractivity contribution in [1.29, 1.82) is 0 Å². The first-order valence-electron chi connectivity index (χ1n) is 5.29. The van der Waals surface area contributed by atoms with Gasteiger partial charge < -0.3 is 15.9 Å². The lowest BCUT2D eigenvalue weighted by Gasteiger charge is -2.15. The summed E-state index contributed by atoms with van der Waals surface area (Å²) in [6.07, 6.45) is 1.60. The molecular formula is C12H18ClNO3. The minimum atomic E-state index is -1.01. The average Bonchev–Trinajstić information content (AvgIpc) is 2.21. The van der Waals surface area contributed by atoms with Gasteiger partial charge in [0, 0.05) is 11.6 Å². The lowest BCUT2D eigenvalue weighted by atomic mass is 9.97. The second kappa shape index (κ2) is 6.47. The van der Waals surface area contributed by atoms with Crippen molar-refractivity contribution in [3.8, 4) is 5.75 Å². The normalized spacial score (nSPS) is 11.7. The number of hydrogen-bond donors (Lipinski definition) is 3. The highest BCUT2D eigenvalue weighted by Gasteiger charge is 2.15. The number of aromatic hydroxyl groups is 1. The Balaban J connectivity index is 0.00000256. The van der Waals surface area contributed by atoms with Gasteiger partial charge in [-0.25, -0.2) is 4.79 Å². The van der Waals surface area contributed by atoms with Gasteiger partial charge in [-0.05, 0) is 31.0 Å². The van der Waals surface area contributed by atoms with Gasteiger partial charge in [-0.2, -0.15) is 0 Å². The molecule has 1 aromatic rings. The Morgan fingerprint density at radius 2 is 2.06 bits per heavy atom. The first-order valence-corrected chi connectivity index (χ1v) is 5.29. The molecule has 96 valence electrons. The van der Waals surface area contributed by atoms with Gasteiger partial charge in [0.2, 0.25) is 0 Å². The molecule has 0 radical (unpaired) electrons. The smallest absolute Gasteiger partial charge is 0.335 e. The van der Waals surface area contributed by atoms with E-state index >= 15 is 0 Å². The number of aromatic carboxylic acids is 1. The number of halogens is 1. The number of benzene rings is 1. The highest BCUT2D eigenvalue weighted by Crippen LogP contribution is 2.30. The van der Waals surface area contributed by atoms with Crippen LogP contribution in [-0.2, 0) is 0 Å². The Bertz CT molecular complexity index is 407. The Morgan fingerprint density at radius 3 is 2.53 bits per heavy atom. The first kappa shape index (κ1) is 15.7. The standard InChI is InChI=1S/C12H17NO3.ClH/c1-3-4-10(13)9-6-8(12(15)16)5-7(2)11(9)14;/h5-6,10,14H,3-4,13H2,1-2H3,(H,15,16);1H/t10-;/m1./s1. The molecular weight excluding hydrogens is 242 g/mol. The fourth-order valence-electron chi connectivity index (χ4n) is 1.68. The third-order valence-electron chi connectivity index (χ3n) is 2.58. The van der Waals surface area contributed by atoms with Crippen LogP contribution in [-0.4, -0.2) is 16.2 Å². The third kappa shape index (κ3) is 3.61. The third-order valence-corrected chi connectivity index (χ3v) is 2.58. The van der Waals surface area contributed by atoms with E-state index in [2.05, 4.69) is 0 Å². The summed E-state index contributed by atoms with van der Waals surface area (Å²) < 4.78 is 0. The minimum Gasteiger partial charge on any atom is -0.507 e. The van der Waals surface area contributed by atoms with Crippen molar-refractivity contribution in [2.75, 3.05) is 0 Å². The number of carbonyl (C=O) groups is 1. The number of aryl methyl sites for hydroxylation is 1. The van der Waals surface area contributed by atoms with Crippen molar-refractivity contribution in [2.24, 2.45) is 5.73 Å². The summed E-state index contributed by atoms with van der Waals surface area (Å²) in [5.41, 5.74) is 7.11. The maximum absolute atomic E-state index is 10.9. The van der Waals surface area contributed by atoms with Gasteiger partial charge in [-0.15, -0.1) is 12.4 Å². The van der Waals surface area contributed by atoms with Gasteiger partial charge in [-0.1, -0.05) is 13.3 Å². The van der Waals surface area contributed by atoms with Crippen LogP contribution in [0.15, 0.2) is 12.1 Å². The van der Waals surface area contributed by atoms with Crippen molar-refractivity contribution in [3.63, 3.8) is 0 Å². The molecule has 0 saturated heterocycles. The maximum atomic E-state index is 10.9. The summed E-state index contributed by atoms with van der Waals surface area (Å²) in [5.74, 6) is -0.904. The highest BCUT2D eigenvalue weighted by molar-refractivity contribution is 5.88. The van der Waals surface area contributed by atoms with E-state index in [1.54, 1.807) is 6.92 Å².